The van der Waals surface area contributed by atoms with Crippen molar-refractivity contribution in [3.8, 4) is 11.1 Å². The highest BCUT2D eigenvalue weighted by Gasteiger charge is 2.15. The van der Waals surface area contributed by atoms with Crippen LogP contribution in [0, 0.1) is 0 Å². The van der Waals surface area contributed by atoms with Crippen LogP contribution in [0.25, 0.3) is 22.2 Å². The standard InChI is InChI=1S/C22H20N4O2S/c1-3-15-4-6-16(7-5-15)18-12-17(13-19-22(18)25-11-10-24-19)26-20-14-23-9-8-21(20)29(2,27)28/h4-14,26H,3H2,1-2H3. The molecule has 1 N–H and O–H groups in total. The van der Waals surface area contributed by atoms with Crippen LogP contribution >= 0.6 is 0 Å². The molecule has 0 atom stereocenters. The smallest absolute Gasteiger partial charge is 0.177 e. The van der Waals surface area contributed by atoms with Crippen molar-refractivity contribution < 1.29 is 8.42 Å². The molecule has 2 aromatic carbocycles. The molecule has 6 nitrogen and oxygen atoms in total. The number of anilines is 2. The van der Waals surface area contributed by atoms with E-state index in [0.29, 0.717) is 11.4 Å². The summed E-state index contributed by atoms with van der Waals surface area (Å²) < 4.78 is 24.2. The van der Waals surface area contributed by atoms with Gasteiger partial charge in [0.1, 0.15) is 0 Å². The fourth-order valence-electron chi connectivity index (χ4n) is 3.24. The Labute approximate surface area is 169 Å². The van der Waals surface area contributed by atoms with Crippen molar-refractivity contribution in [3.63, 3.8) is 0 Å². The van der Waals surface area contributed by atoms with Gasteiger partial charge in [-0.1, -0.05) is 31.2 Å². The summed E-state index contributed by atoms with van der Waals surface area (Å²) in [6.07, 6.45) is 8.43. The fraction of sp³-hybridized carbons (Fsp3) is 0.136. The van der Waals surface area contributed by atoms with Gasteiger partial charge < -0.3 is 5.32 Å². The molecule has 0 unspecified atom stereocenters. The minimum absolute atomic E-state index is 0.195. The van der Waals surface area contributed by atoms with Crippen LogP contribution in [0.2, 0.25) is 0 Å². The molecule has 0 aliphatic rings. The molecular weight excluding hydrogens is 384 g/mol. The number of nitrogens with one attached hydrogen (secondary N) is 1. The van der Waals surface area contributed by atoms with Gasteiger partial charge in [0.05, 0.1) is 27.8 Å². The number of hydrogen-bond acceptors (Lipinski definition) is 6. The van der Waals surface area contributed by atoms with E-state index in [9.17, 15) is 8.42 Å². The number of sulfone groups is 1. The second kappa shape index (κ2) is 7.60. The maximum Gasteiger partial charge on any atom is 0.177 e. The van der Waals surface area contributed by atoms with E-state index in [-0.39, 0.29) is 4.90 Å². The highest BCUT2D eigenvalue weighted by Crippen LogP contribution is 2.32. The van der Waals surface area contributed by atoms with Crippen LogP contribution < -0.4 is 5.32 Å². The molecule has 4 aromatic rings. The van der Waals surface area contributed by atoms with Gasteiger partial charge in [0.25, 0.3) is 0 Å². The number of benzene rings is 2. The maximum absolute atomic E-state index is 12.1. The molecule has 0 aliphatic heterocycles. The highest BCUT2D eigenvalue weighted by atomic mass is 32.2. The summed E-state index contributed by atoms with van der Waals surface area (Å²) in [6, 6.07) is 13.6. The van der Waals surface area contributed by atoms with Gasteiger partial charge in [-0.3, -0.25) is 15.0 Å². The van der Waals surface area contributed by atoms with Crippen LogP contribution in [0.4, 0.5) is 11.4 Å². The third-order valence-corrected chi connectivity index (χ3v) is 5.86. The number of aromatic nitrogens is 3. The zero-order valence-corrected chi connectivity index (χ0v) is 16.9. The number of aryl methyl sites for hydroxylation is 1. The van der Waals surface area contributed by atoms with Crippen molar-refractivity contribution in [2.45, 2.75) is 18.2 Å². The Morgan fingerprint density at radius 2 is 1.72 bits per heavy atom. The lowest BCUT2D eigenvalue weighted by Gasteiger charge is -2.13. The lowest BCUT2D eigenvalue weighted by atomic mass is 10.0. The van der Waals surface area contributed by atoms with Gasteiger partial charge in [-0.15, -0.1) is 0 Å². The Morgan fingerprint density at radius 3 is 2.45 bits per heavy atom. The van der Waals surface area contributed by atoms with Gasteiger partial charge in [-0.2, -0.15) is 0 Å². The molecule has 0 fully saturated rings. The van der Waals surface area contributed by atoms with Gasteiger partial charge in [-0.05, 0) is 35.7 Å². The van der Waals surface area contributed by atoms with Crippen molar-refractivity contribution in [2.75, 3.05) is 11.6 Å². The topological polar surface area (TPSA) is 84.8 Å². The van der Waals surface area contributed by atoms with Crippen LogP contribution in [0.15, 0.2) is 72.1 Å². The second-order valence-electron chi connectivity index (χ2n) is 6.77. The molecule has 0 aliphatic carbocycles. The Bertz CT molecular complexity index is 1290. The minimum Gasteiger partial charge on any atom is -0.353 e. The van der Waals surface area contributed by atoms with Crippen molar-refractivity contribution in [1.29, 1.82) is 0 Å². The first-order valence-corrected chi connectivity index (χ1v) is 11.1. The average Bonchev–Trinajstić information content (AvgIpc) is 2.73. The molecular formula is C22H20N4O2S. The van der Waals surface area contributed by atoms with Crippen LogP contribution in [0.3, 0.4) is 0 Å². The third-order valence-electron chi connectivity index (χ3n) is 4.71. The van der Waals surface area contributed by atoms with Gasteiger partial charge in [0.2, 0.25) is 0 Å². The summed E-state index contributed by atoms with van der Waals surface area (Å²) in [6.45, 7) is 2.12. The van der Waals surface area contributed by atoms with E-state index >= 15 is 0 Å². The highest BCUT2D eigenvalue weighted by molar-refractivity contribution is 7.90. The molecule has 0 amide bonds. The quantitative estimate of drug-likeness (QED) is 0.531. The Morgan fingerprint density at radius 1 is 0.966 bits per heavy atom. The first-order valence-electron chi connectivity index (χ1n) is 9.21. The first kappa shape index (κ1) is 19.0. The second-order valence-corrected chi connectivity index (χ2v) is 8.75. The summed E-state index contributed by atoms with van der Waals surface area (Å²) in [5.41, 5.74) is 5.84. The van der Waals surface area contributed by atoms with E-state index in [0.717, 1.165) is 28.6 Å². The summed E-state index contributed by atoms with van der Waals surface area (Å²) in [7, 11) is -3.40. The Balaban J connectivity index is 1.85. The molecule has 29 heavy (non-hydrogen) atoms. The van der Waals surface area contributed by atoms with E-state index in [2.05, 4.69) is 51.5 Å². The number of hydrogen-bond donors (Lipinski definition) is 1. The summed E-state index contributed by atoms with van der Waals surface area (Å²) in [4.78, 5) is 13.2. The molecule has 0 saturated heterocycles. The summed E-state index contributed by atoms with van der Waals surface area (Å²) in [5.74, 6) is 0. The summed E-state index contributed by atoms with van der Waals surface area (Å²) >= 11 is 0. The van der Waals surface area contributed by atoms with E-state index in [1.807, 2.05) is 12.1 Å². The van der Waals surface area contributed by atoms with Crippen molar-refractivity contribution in [1.82, 2.24) is 15.0 Å². The maximum atomic E-state index is 12.1. The molecule has 0 radical (unpaired) electrons. The van der Waals surface area contributed by atoms with Crippen molar-refractivity contribution in [3.05, 3.63) is 72.8 Å². The monoisotopic (exact) mass is 404 g/mol. The van der Waals surface area contributed by atoms with Crippen molar-refractivity contribution in [2.24, 2.45) is 0 Å². The molecule has 146 valence electrons. The van der Waals surface area contributed by atoms with Gasteiger partial charge >= 0.3 is 0 Å². The Kier molecular flexibility index (Phi) is 4.98. The van der Waals surface area contributed by atoms with Crippen LogP contribution in [-0.4, -0.2) is 29.6 Å². The lowest BCUT2D eigenvalue weighted by Crippen LogP contribution is -2.03. The number of nitrogens with zero attached hydrogens (tertiary/aromatic N) is 3. The number of rotatable bonds is 5. The average molecular weight is 404 g/mol. The lowest BCUT2D eigenvalue weighted by molar-refractivity contribution is 0.602. The molecule has 0 saturated carbocycles. The van der Waals surface area contributed by atoms with Crippen molar-refractivity contribution >= 4 is 32.2 Å². The largest absolute Gasteiger partial charge is 0.353 e. The predicted octanol–water partition coefficient (Wildman–Crippen LogP) is 4.40. The van der Waals surface area contributed by atoms with Gasteiger partial charge in [-0.25, -0.2) is 8.42 Å². The van der Waals surface area contributed by atoms with E-state index in [1.54, 1.807) is 12.4 Å². The minimum atomic E-state index is -3.40. The molecule has 0 bridgehead atoms. The Hall–Kier alpha value is -3.32. The third kappa shape index (κ3) is 3.95. The van der Waals surface area contributed by atoms with Crippen LogP contribution in [0.5, 0.6) is 0 Å². The fourth-order valence-corrected chi connectivity index (χ4v) is 4.05. The zero-order chi connectivity index (χ0) is 20.4. The zero-order valence-electron chi connectivity index (χ0n) is 16.1. The van der Waals surface area contributed by atoms with E-state index < -0.39 is 9.84 Å². The number of pyridine rings is 1. The molecule has 4 rings (SSSR count). The van der Waals surface area contributed by atoms with E-state index in [1.165, 1.54) is 30.3 Å². The van der Waals surface area contributed by atoms with E-state index in [4.69, 9.17) is 0 Å². The van der Waals surface area contributed by atoms with Gasteiger partial charge in [0.15, 0.2) is 9.84 Å². The first-order chi connectivity index (χ1) is 14.0. The number of fused-ring (bicyclic) bond motifs is 1. The van der Waals surface area contributed by atoms with Gasteiger partial charge in [0, 0.05) is 36.1 Å². The van der Waals surface area contributed by atoms with Crippen LogP contribution in [-0.2, 0) is 16.3 Å². The normalized spacial score (nSPS) is 11.5. The SMILES string of the molecule is CCc1ccc(-c2cc(Nc3cnccc3S(C)(=O)=O)cc3nccnc23)cc1. The van der Waals surface area contributed by atoms with Crippen LogP contribution in [0.1, 0.15) is 12.5 Å². The molecule has 2 aromatic heterocycles. The molecule has 2 heterocycles. The molecule has 0 spiro atoms. The summed E-state index contributed by atoms with van der Waals surface area (Å²) in [5, 5.41) is 3.19. The molecule has 7 heteroatoms. The predicted molar refractivity (Wildman–Crippen MR) is 115 cm³/mol.